The topological polar surface area (TPSA) is 88.3 Å². The van der Waals surface area contributed by atoms with Crippen LogP contribution in [0.5, 0.6) is 28.7 Å². The average molecular weight is 532 g/mol. The SMILES string of the molecule is O=C(Oc1ccc(OCOc2ccc(OCC3CO3)cc2)c(C(F)(F)F)c1)c1ccc(OCC2CO2)cc1. The first-order valence-corrected chi connectivity index (χ1v) is 11.7. The minimum atomic E-state index is -4.76. The summed E-state index contributed by atoms with van der Waals surface area (Å²) in [5.41, 5.74) is -0.955. The first-order valence-electron chi connectivity index (χ1n) is 11.7. The van der Waals surface area contributed by atoms with Gasteiger partial charge < -0.3 is 33.2 Å². The predicted molar refractivity (Wildman–Crippen MR) is 126 cm³/mol. The molecule has 8 nitrogen and oxygen atoms in total. The number of carbonyl (C=O) groups excluding carboxylic acids is 1. The Balaban J connectivity index is 1.16. The van der Waals surface area contributed by atoms with E-state index in [1.54, 1.807) is 36.4 Å². The van der Waals surface area contributed by atoms with Crippen molar-refractivity contribution in [3.05, 3.63) is 77.9 Å². The molecule has 0 bridgehead atoms. The molecule has 2 atom stereocenters. The standard InChI is InChI=1S/C27H23F3O8/c28-27(29,30)24-11-21(38-26(31)17-1-3-18(4-2-17)32-12-22-14-34-22)9-10-25(24)37-16-36-20-7-5-19(6-8-20)33-13-23-15-35-23/h1-11,22-23H,12-16H2. The Labute approximate surface area is 215 Å². The molecule has 0 aliphatic carbocycles. The summed E-state index contributed by atoms with van der Waals surface area (Å²) in [5, 5.41) is 0. The third-order valence-corrected chi connectivity index (χ3v) is 5.50. The van der Waals surface area contributed by atoms with E-state index in [4.69, 9.17) is 33.2 Å². The van der Waals surface area contributed by atoms with E-state index in [-0.39, 0.29) is 23.5 Å². The Morgan fingerprint density at radius 1 is 0.737 bits per heavy atom. The van der Waals surface area contributed by atoms with Crippen molar-refractivity contribution in [3.8, 4) is 28.7 Å². The fraction of sp³-hybridized carbons (Fsp3) is 0.296. The molecule has 2 unspecified atom stereocenters. The van der Waals surface area contributed by atoms with Crippen molar-refractivity contribution in [3.63, 3.8) is 0 Å². The van der Waals surface area contributed by atoms with Gasteiger partial charge in [-0.2, -0.15) is 13.2 Å². The number of hydrogen-bond acceptors (Lipinski definition) is 8. The van der Waals surface area contributed by atoms with Crippen LogP contribution >= 0.6 is 0 Å². The number of benzene rings is 3. The first-order chi connectivity index (χ1) is 18.3. The summed E-state index contributed by atoms with van der Waals surface area (Å²) in [6.45, 7) is 1.72. The molecule has 0 aromatic heterocycles. The van der Waals surface area contributed by atoms with Crippen molar-refractivity contribution in [1.29, 1.82) is 0 Å². The van der Waals surface area contributed by atoms with E-state index in [0.717, 1.165) is 6.07 Å². The van der Waals surface area contributed by atoms with Crippen molar-refractivity contribution < 1.29 is 51.1 Å². The van der Waals surface area contributed by atoms with Gasteiger partial charge in [-0.3, -0.25) is 0 Å². The van der Waals surface area contributed by atoms with Crippen LogP contribution in [-0.4, -0.2) is 51.4 Å². The quantitative estimate of drug-likeness (QED) is 0.141. The maximum atomic E-state index is 13.7. The summed E-state index contributed by atoms with van der Waals surface area (Å²) in [7, 11) is 0. The van der Waals surface area contributed by atoms with Crippen molar-refractivity contribution in [2.45, 2.75) is 18.4 Å². The molecule has 11 heteroatoms. The normalized spacial score (nSPS) is 17.9. The highest BCUT2D eigenvalue weighted by atomic mass is 19.4. The highest BCUT2D eigenvalue weighted by Crippen LogP contribution is 2.38. The second-order valence-corrected chi connectivity index (χ2v) is 8.48. The molecule has 0 amide bonds. The molecular formula is C27H23F3O8. The summed E-state index contributed by atoms with van der Waals surface area (Å²) >= 11 is 0. The second kappa shape index (κ2) is 11.2. The van der Waals surface area contributed by atoms with Gasteiger partial charge in [0.25, 0.3) is 0 Å². The van der Waals surface area contributed by atoms with Gasteiger partial charge in [-0.25, -0.2) is 4.79 Å². The molecule has 0 N–H and O–H groups in total. The Morgan fingerprint density at radius 3 is 1.76 bits per heavy atom. The molecule has 2 heterocycles. The number of carbonyl (C=O) groups is 1. The van der Waals surface area contributed by atoms with Crippen LogP contribution in [-0.2, 0) is 15.7 Å². The van der Waals surface area contributed by atoms with E-state index in [9.17, 15) is 18.0 Å². The van der Waals surface area contributed by atoms with Gasteiger partial charge in [-0.1, -0.05) is 0 Å². The van der Waals surface area contributed by atoms with Gasteiger partial charge in [0, 0.05) is 0 Å². The fourth-order valence-electron chi connectivity index (χ4n) is 3.27. The Kier molecular flexibility index (Phi) is 7.57. The third kappa shape index (κ3) is 7.30. The summed E-state index contributed by atoms with van der Waals surface area (Å²) in [6.07, 6.45) is -4.55. The van der Waals surface area contributed by atoms with Crippen molar-refractivity contribution in [1.82, 2.24) is 0 Å². The van der Waals surface area contributed by atoms with Crippen molar-refractivity contribution in [2.24, 2.45) is 0 Å². The fourth-order valence-corrected chi connectivity index (χ4v) is 3.27. The van der Waals surface area contributed by atoms with Crippen LogP contribution in [0.25, 0.3) is 0 Å². The summed E-state index contributed by atoms with van der Waals surface area (Å²) < 4.78 is 78.0. The molecule has 3 aromatic rings. The number of esters is 1. The van der Waals surface area contributed by atoms with Crippen LogP contribution in [0.3, 0.4) is 0 Å². The van der Waals surface area contributed by atoms with Gasteiger partial charge in [0.2, 0.25) is 6.79 Å². The summed E-state index contributed by atoms with van der Waals surface area (Å²) in [6, 6.07) is 15.6. The molecule has 5 rings (SSSR count). The molecule has 0 spiro atoms. The number of hydrogen-bond donors (Lipinski definition) is 0. The molecule has 2 aliphatic rings. The largest absolute Gasteiger partial charge is 0.491 e. The number of halogens is 3. The molecule has 2 fully saturated rings. The minimum absolute atomic E-state index is 0.0835. The van der Waals surface area contributed by atoms with E-state index in [1.165, 1.54) is 18.2 Å². The van der Waals surface area contributed by atoms with Crippen molar-refractivity contribution in [2.75, 3.05) is 33.2 Å². The zero-order valence-corrected chi connectivity index (χ0v) is 19.9. The second-order valence-electron chi connectivity index (χ2n) is 8.48. The lowest BCUT2D eigenvalue weighted by Crippen LogP contribution is -2.14. The molecule has 0 radical (unpaired) electrons. The van der Waals surface area contributed by atoms with Crippen LogP contribution in [0.4, 0.5) is 13.2 Å². The lowest BCUT2D eigenvalue weighted by molar-refractivity contribution is -0.139. The smallest absolute Gasteiger partial charge is 0.420 e. The third-order valence-electron chi connectivity index (χ3n) is 5.50. The van der Waals surface area contributed by atoms with Crippen molar-refractivity contribution >= 4 is 5.97 Å². The monoisotopic (exact) mass is 532 g/mol. The molecule has 3 aromatic carbocycles. The maximum absolute atomic E-state index is 13.7. The lowest BCUT2D eigenvalue weighted by atomic mass is 10.1. The highest BCUT2D eigenvalue weighted by Gasteiger charge is 2.35. The summed E-state index contributed by atoms with van der Waals surface area (Å²) in [4.78, 5) is 12.4. The maximum Gasteiger partial charge on any atom is 0.420 e. The number of rotatable bonds is 12. The molecule has 0 saturated carbocycles. The number of ether oxygens (including phenoxy) is 7. The molecule has 200 valence electrons. The molecule has 2 saturated heterocycles. The molecule has 2 aliphatic heterocycles. The zero-order chi connectivity index (χ0) is 26.5. The van der Waals surface area contributed by atoms with Crippen LogP contribution in [0.15, 0.2) is 66.7 Å². The van der Waals surface area contributed by atoms with Gasteiger partial charge in [0.1, 0.15) is 59.7 Å². The Bertz CT molecular complexity index is 1240. The highest BCUT2D eigenvalue weighted by molar-refractivity contribution is 5.91. The van der Waals surface area contributed by atoms with Gasteiger partial charge in [-0.05, 0) is 66.7 Å². The van der Waals surface area contributed by atoms with E-state index < -0.39 is 30.3 Å². The number of alkyl halides is 3. The van der Waals surface area contributed by atoms with Crippen LogP contribution in [0.2, 0.25) is 0 Å². The average Bonchev–Trinajstić information content (AvgIpc) is 3.83. The van der Waals surface area contributed by atoms with E-state index >= 15 is 0 Å². The van der Waals surface area contributed by atoms with Gasteiger partial charge in [0.05, 0.1) is 18.8 Å². The van der Waals surface area contributed by atoms with Crippen LogP contribution in [0, 0.1) is 0 Å². The zero-order valence-electron chi connectivity index (χ0n) is 19.9. The summed E-state index contributed by atoms with van der Waals surface area (Å²) in [5.74, 6) is -0.0307. The first kappa shape index (κ1) is 25.7. The van der Waals surface area contributed by atoms with Gasteiger partial charge in [0.15, 0.2) is 0 Å². The van der Waals surface area contributed by atoms with E-state index in [2.05, 4.69) is 0 Å². The lowest BCUT2D eigenvalue weighted by Gasteiger charge is -2.16. The van der Waals surface area contributed by atoms with Crippen LogP contribution < -0.4 is 23.7 Å². The van der Waals surface area contributed by atoms with Gasteiger partial charge in [-0.15, -0.1) is 0 Å². The molecular weight excluding hydrogens is 509 g/mol. The van der Waals surface area contributed by atoms with E-state index in [0.29, 0.717) is 49.7 Å². The van der Waals surface area contributed by atoms with Crippen LogP contribution in [0.1, 0.15) is 15.9 Å². The predicted octanol–water partition coefficient (Wildman–Crippen LogP) is 4.90. The van der Waals surface area contributed by atoms with Gasteiger partial charge >= 0.3 is 12.1 Å². The van der Waals surface area contributed by atoms with E-state index in [1.807, 2.05) is 0 Å². The Hall–Kier alpha value is -3.96. The number of epoxide rings is 2. The Morgan fingerprint density at radius 2 is 1.24 bits per heavy atom. The molecule has 38 heavy (non-hydrogen) atoms. The minimum Gasteiger partial charge on any atom is -0.491 e.